The van der Waals surface area contributed by atoms with Crippen molar-refractivity contribution >= 4 is 36.0 Å². The van der Waals surface area contributed by atoms with E-state index in [0.717, 1.165) is 37.7 Å². The highest BCUT2D eigenvalue weighted by atomic mass is 127. The monoisotopic (exact) mass is 524 g/mol. The van der Waals surface area contributed by atoms with E-state index in [1.54, 1.807) is 13.2 Å². The summed E-state index contributed by atoms with van der Waals surface area (Å²) in [5.74, 6) is 2.00. The van der Waals surface area contributed by atoms with Gasteiger partial charge in [0.1, 0.15) is 12.4 Å². The molecule has 9 heteroatoms. The molecule has 1 rings (SSSR count). The number of alkyl carbamates (subject to hydrolysis) is 1. The first-order valence-corrected chi connectivity index (χ1v) is 10.1. The Morgan fingerprint density at radius 3 is 2.69 bits per heavy atom. The number of nitrogens with zero attached hydrogens (tertiary/aromatic N) is 1. The summed E-state index contributed by atoms with van der Waals surface area (Å²) < 4.78 is 15.8. The average molecular weight is 524 g/mol. The predicted molar refractivity (Wildman–Crippen MR) is 126 cm³/mol. The van der Waals surface area contributed by atoms with E-state index < -0.39 is 6.09 Å². The quantitative estimate of drug-likeness (QED) is 0.158. The third-order valence-electron chi connectivity index (χ3n) is 3.75. The molecule has 1 aromatic rings. The summed E-state index contributed by atoms with van der Waals surface area (Å²) in [7, 11) is 0. The maximum absolute atomic E-state index is 11.7. The number of guanidine groups is 1. The highest BCUT2D eigenvalue weighted by Gasteiger charge is 2.14. The lowest BCUT2D eigenvalue weighted by Gasteiger charge is -2.19. The van der Waals surface area contributed by atoms with E-state index in [1.807, 2.05) is 19.1 Å². The summed E-state index contributed by atoms with van der Waals surface area (Å²) >= 11 is 0. The van der Waals surface area contributed by atoms with Gasteiger partial charge in [0, 0.05) is 19.7 Å². The number of hydrogen-bond acceptors (Lipinski definition) is 5. The van der Waals surface area contributed by atoms with Crippen molar-refractivity contribution in [3.05, 3.63) is 24.2 Å². The minimum atomic E-state index is -0.394. The van der Waals surface area contributed by atoms with E-state index in [9.17, 15) is 4.79 Å². The molecule has 0 saturated carbocycles. The van der Waals surface area contributed by atoms with E-state index in [0.29, 0.717) is 32.3 Å². The van der Waals surface area contributed by atoms with Crippen molar-refractivity contribution < 1.29 is 18.7 Å². The van der Waals surface area contributed by atoms with Gasteiger partial charge in [0.05, 0.1) is 25.5 Å². The molecule has 0 saturated heterocycles. The molecule has 3 N–H and O–H groups in total. The van der Waals surface area contributed by atoms with Crippen LogP contribution in [0.3, 0.4) is 0 Å². The normalized spacial score (nSPS) is 12.2. The molecule has 0 aliphatic rings. The lowest BCUT2D eigenvalue weighted by Crippen LogP contribution is -2.42. The lowest BCUT2D eigenvalue weighted by molar-refractivity contribution is 0.105. The van der Waals surface area contributed by atoms with Gasteiger partial charge in [0.15, 0.2) is 5.96 Å². The van der Waals surface area contributed by atoms with Crippen LogP contribution in [0.4, 0.5) is 4.79 Å². The maximum Gasteiger partial charge on any atom is 0.407 e. The number of carbonyl (C=O) groups is 1. The first kappa shape index (κ1) is 27.5. The van der Waals surface area contributed by atoms with Crippen LogP contribution in [-0.4, -0.2) is 50.9 Å². The van der Waals surface area contributed by atoms with Gasteiger partial charge in [-0.25, -0.2) is 4.79 Å². The number of ether oxygens (including phenoxy) is 2. The Morgan fingerprint density at radius 2 is 2.07 bits per heavy atom. The van der Waals surface area contributed by atoms with E-state index in [1.165, 1.54) is 0 Å². The van der Waals surface area contributed by atoms with Crippen LogP contribution in [-0.2, 0) is 16.1 Å². The van der Waals surface area contributed by atoms with Crippen molar-refractivity contribution in [2.45, 2.75) is 53.2 Å². The van der Waals surface area contributed by atoms with Crippen LogP contribution in [0.15, 0.2) is 27.8 Å². The standard InChI is InChI=1S/C20H36N4O4.HI/c1-5-21-19(22-10-8-11-26-15-18-9-7-12-28-18)23-14-17(13-16(3)4)24-20(25)27-6-2;/h7,9,12,16-17H,5-6,8,10-11,13-15H2,1-4H3,(H,24,25)(H2,21,22,23);1H. The molecule has 0 fully saturated rings. The van der Waals surface area contributed by atoms with Crippen LogP contribution >= 0.6 is 24.0 Å². The molecule has 1 aromatic heterocycles. The second kappa shape index (κ2) is 17.4. The fraction of sp³-hybridized carbons (Fsp3) is 0.700. The van der Waals surface area contributed by atoms with Gasteiger partial charge in [-0.15, -0.1) is 24.0 Å². The van der Waals surface area contributed by atoms with Gasteiger partial charge in [-0.05, 0) is 44.7 Å². The van der Waals surface area contributed by atoms with Gasteiger partial charge < -0.3 is 29.8 Å². The molecule has 8 nitrogen and oxygen atoms in total. The van der Waals surface area contributed by atoms with Crippen molar-refractivity contribution in [1.29, 1.82) is 0 Å². The van der Waals surface area contributed by atoms with Crippen molar-refractivity contribution in [3.63, 3.8) is 0 Å². The Bertz CT molecular complexity index is 553. The van der Waals surface area contributed by atoms with Gasteiger partial charge in [0.25, 0.3) is 0 Å². The molecule has 0 aliphatic heterocycles. The number of carbonyl (C=O) groups excluding carboxylic acids is 1. The molecule has 168 valence electrons. The largest absolute Gasteiger partial charge is 0.467 e. The second-order valence-corrected chi connectivity index (χ2v) is 6.82. The Balaban J connectivity index is 0.00000784. The SMILES string of the molecule is CCNC(=NCC(CC(C)C)NC(=O)OCC)NCCCOCc1ccco1.I. The molecule has 29 heavy (non-hydrogen) atoms. The smallest absolute Gasteiger partial charge is 0.407 e. The molecule has 1 atom stereocenters. The van der Waals surface area contributed by atoms with Crippen LogP contribution in [0, 0.1) is 5.92 Å². The molecular formula is C20H37IN4O4. The summed E-state index contributed by atoms with van der Waals surface area (Å²) in [4.78, 5) is 16.3. The van der Waals surface area contributed by atoms with Gasteiger partial charge in [-0.1, -0.05) is 13.8 Å². The predicted octanol–water partition coefficient (Wildman–Crippen LogP) is 3.52. The van der Waals surface area contributed by atoms with Crippen LogP contribution in [0.1, 0.15) is 46.3 Å². The lowest BCUT2D eigenvalue weighted by atomic mass is 10.0. The van der Waals surface area contributed by atoms with E-state index >= 15 is 0 Å². The molecule has 0 bridgehead atoms. The van der Waals surface area contributed by atoms with Crippen LogP contribution in [0.2, 0.25) is 0 Å². The molecule has 1 unspecified atom stereocenters. The third kappa shape index (κ3) is 14.2. The molecular weight excluding hydrogens is 487 g/mol. The number of aliphatic imine (C=N–C) groups is 1. The Hall–Kier alpha value is -1.49. The summed E-state index contributed by atoms with van der Waals surface area (Å²) in [6.07, 6.45) is 2.93. The van der Waals surface area contributed by atoms with Crippen molar-refractivity contribution in [3.8, 4) is 0 Å². The van der Waals surface area contributed by atoms with Crippen molar-refractivity contribution in [1.82, 2.24) is 16.0 Å². The van der Waals surface area contributed by atoms with Crippen LogP contribution in [0.5, 0.6) is 0 Å². The highest BCUT2D eigenvalue weighted by molar-refractivity contribution is 14.0. The average Bonchev–Trinajstić information content (AvgIpc) is 3.15. The fourth-order valence-electron chi connectivity index (χ4n) is 2.58. The summed E-state index contributed by atoms with van der Waals surface area (Å²) in [5.41, 5.74) is 0. The maximum atomic E-state index is 11.7. The minimum Gasteiger partial charge on any atom is -0.467 e. The molecule has 1 heterocycles. The first-order valence-electron chi connectivity index (χ1n) is 10.1. The number of furan rings is 1. The highest BCUT2D eigenvalue weighted by Crippen LogP contribution is 2.06. The van der Waals surface area contributed by atoms with E-state index in [4.69, 9.17) is 13.9 Å². The number of rotatable bonds is 13. The van der Waals surface area contributed by atoms with Gasteiger partial charge >= 0.3 is 6.09 Å². The van der Waals surface area contributed by atoms with Crippen LogP contribution in [0.25, 0.3) is 0 Å². The fourth-order valence-corrected chi connectivity index (χ4v) is 2.58. The summed E-state index contributed by atoms with van der Waals surface area (Å²) in [6, 6.07) is 3.68. The Kier molecular flexibility index (Phi) is 16.5. The zero-order valence-electron chi connectivity index (χ0n) is 18.0. The summed E-state index contributed by atoms with van der Waals surface area (Å²) in [6.45, 7) is 11.5. The topological polar surface area (TPSA) is 97.1 Å². The molecule has 0 spiro atoms. The van der Waals surface area contributed by atoms with Crippen LogP contribution < -0.4 is 16.0 Å². The molecule has 0 aliphatic carbocycles. The molecule has 0 aromatic carbocycles. The Labute approximate surface area is 191 Å². The summed E-state index contributed by atoms with van der Waals surface area (Å²) in [5, 5.41) is 9.41. The number of amides is 1. The van der Waals surface area contributed by atoms with Crippen molar-refractivity contribution in [2.75, 3.05) is 32.8 Å². The molecule has 0 radical (unpaired) electrons. The Morgan fingerprint density at radius 1 is 1.28 bits per heavy atom. The third-order valence-corrected chi connectivity index (χ3v) is 3.75. The van der Waals surface area contributed by atoms with Gasteiger partial charge in [-0.2, -0.15) is 0 Å². The molecule has 1 amide bonds. The zero-order chi connectivity index (χ0) is 20.6. The van der Waals surface area contributed by atoms with Gasteiger partial charge in [-0.3, -0.25) is 4.99 Å². The number of hydrogen-bond donors (Lipinski definition) is 3. The van der Waals surface area contributed by atoms with E-state index in [2.05, 4.69) is 34.8 Å². The number of nitrogens with one attached hydrogen (secondary N) is 3. The number of halogens is 1. The second-order valence-electron chi connectivity index (χ2n) is 6.82. The van der Waals surface area contributed by atoms with Crippen molar-refractivity contribution in [2.24, 2.45) is 10.9 Å². The zero-order valence-corrected chi connectivity index (χ0v) is 20.4. The van der Waals surface area contributed by atoms with Gasteiger partial charge in [0.2, 0.25) is 0 Å². The van der Waals surface area contributed by atoms with E-state index in [-0.39, 0.29) is 30.0 Å². The first-order chi connectivity index (χ1) is 13.5. The minimum absolute atomic E-state index is 0.